The predicted octanol–water partition coefficient (Wildman–Crippen LogP) is 3.86. The minimum atomic E-state index is 0.0903. The molecule has 2 N–H and O–H groups in total. The number of phenols is 1. The molecule has 0 atom stereocenters. The molecule has 0 heterocycles. The number of hydrogen-bond acceptors (Lipinski definition) is 2. The van der Waals surface area contributed by atoms with E-state index in [-0.39, 0.29) is 17.6 Å². The van der Waals surface area contributed by atoms with Crippen LogP contribution in [0.2, 0.25) is 0 Å². The average Bonchev–Trinajstić information content (AvgIpc) is 2.32. The number of hydrogen-bond donors (Lipinski definition) is 2. The minimum absolute atomic E-state index is 0.0903. The molecule has 1 amide bonds. The van der Waals surface area contributed by atoms with E-state index in [1.54, 1.807) is 18.2 Å². The van der Waals surface area contributed by atoms with Gasteiger partial charge in [0.2, 0.25) is 5.91 Å². The quantitative estimate of drug-likeness (QED) is 0.752. The molecule has 0 radical (unpaired) electrons. The molecule has 0 aliphatic rings. The van der Waals surface area contributed by atoms with Gasteiger partial charge in [0.1, 0.15) is 5.75 Å². The van der Waals surface area contributed by atoms with Gasteiger partial charge < -0.3 is 10.4 Å². The van der Waals surface area contributed by atoms with Crippen LogP contribution in [0.1, 0.15) is 45.1 Å². The van der Waals surface area contributed by atoms with Crippen LogP contribution in [-0.2, 0) is 4.79 Å². The maximum atomic E-state index is 12.2. The third-order valence-corrected chi connectivity index (χ3v) is 3.11. The zero-order chi connectivity index (χ0) is 13.5. The van der Waals surface area contributed by atoms with E-state index in [4.69, 9.17) is 0 Å². The van der Waals surface area contributed by atoms with Gasteiger partial charge >= 0.3 is 0 Å². The summed E-state index contributed by atoms with van der Waals surface area (Å²) in [5, 5.41) is 12.3. The lowest BCUT2D eigenvalue weighted by Crippen LogP contribution is -2.23. The Bertz CT molecular complexity index is 395. The number of carbonyl (C=O) groups excluding carboxylic acids is 1. The fraction of sp³-hybridized carbons (Fsp3) is 0.533. The molecule has 0 saturated carbocycles. The van der Waals surface area contributed by atoms with Crippen LogP contribution >= 0.6 is 0 Å². The molecule has 0 aliphatic carbocycles. The molecule has 0 aliphatic heterocycles. The minimum Gasteiger partial charge on any atom is -0.508 e. The zero-order valence-electron chi connectivity index (χ0n) is 11.5. The highest BCUT2D eigenvalue weighted by molar-refractivity contribution is 5.93. The van der Waals surface area contributed by atoms with Crippen molar-refractivity contribution >= 4 is 11.6 Å². The van der Waals surface area contributed by atoms with Gasteiger partial charge in [-0.25, -0.2) is 0 Å². The first-order valence-electron chi connectivity index (χ1n) is 6.69. The van der Waals surface area contributed by atoms with Crippen molar-refractivity contribution in [2.75, 3.05) is 5.32 Å². The van der Waals surface area contributed by atoms with Crippen molar-refractivity contribution in [3.63, 3.8) is 0 Å². The van der Waals surface area contributed by atoms with E-state index < -0.39 is 0 Å². The maximum absolute atomic E-state index is 12.2. The molecule has 0 spiro atoms. The Balaban J connectivity index is 2.72. The maximum Gasteiger partial charge on any atom is 0.227 e. The largest absolute Gasteiger partial charge is 0.508 e. The molecule has 0 fully saturated rings. The Labute approximate surface area is 109 Å². The van der Waals surface area contributed by atoms with Gasteiger partial charge in [-0.2, -0.15) is 0 Å². The molecule has 18 heavy (non-hydrogen) atoms. The van der Waals surface area contributed by atoms with Crippen LogP contribution in [0.4, 0.5) is 5.69 Å². The average molecular weight is 249 g/mol. The van der Waals surface area contributed by atoms with E-state index in [9.17, 15) is 9.90 Å². The van der Waals surface area contributed by atoms with Crippen LogP contribution in [0, 0.1) is 12.8 Å². The first-order valence-corrected chi connectivity index (χ1v) is 6.69. The highest BCUT2D eigenvalue weighted by atomic mass is 16.3. The van der Waals surface area contributed by atoms with E-state index in [1.807, 2.05) is 6.92 Å². The zero-order valence-corrected chi connectivity index (χ0v) is 11.5. The van der Waals surface area contributed by atoms with Crippen LogP contribution in [0.15, 0.2) is 18.2 Å². The van der Waals surface area contributed by atoms with E-state index in [2.05, 4.69) is 19.2 Å². The summed E-state index contributed by atoms with van der Waals surface area (Å²) in [6.45, 7) is 6.08. The number of amides is 1. The normalized spacial score (nSPS) is 10.7. The summed E-state index contributed by atoms with van der Waals surface area (Å²) >= 11 is 0. The number of aryl methyl sites for hydroxylation is 1. The van der Waals surface area contributed by atoms with Gasteiger partial charge in [0.15, 0.2) is 0 Å². The number of anilines is 1. The fourth-order valence-corrected chi connectivity index (χ4v) is 2.13. The fourth-order valence-electron chi connectivity index (χ4n) is 2.13. The lowest BCUT2D eigenvalue weighted by molar-refractivity contribution is -0.120. The van der Waals surface area contributed by atoms with E-state index in [0.717, 1.165) is 36.9 Å². The highest BCUT2D eigenvalue weighted by Crippen LogP contribution is 2.22. The summed E-state index contributed by atoms with van der Waals surface area (Å²) in [5.41, 5.74) is 1.67. The monoisotopic (exact) mass is 249 g/mol. The Morgan fingerprint density at radius 1 is 1.28 bits per heavy atom. The number of carbonyl (C=O) groups is 1. The third-order valence-electron chi connectivity index (χ3n) is 3.11. The molecule has 1 aromatic rings. The number of phenolic OH excluding ortho intramolecular Hbond substituents is 1. The topological polar surface area (TPSA) is 49.3 Å². The van der Waals surface area contributed by atoms with Crippen molar-refractivity contribution < 1.29 is 9.90 Å². The van der Waals surface area contributed by atoms with Crippen molar-refractivity contribution in [3.05, 3.63) is 23.8 Å². The van der Waals surface area contributed by atoms with E-state index in [0.29, 0.717) is 0 Å². The Morgan fingerprint density at radius 3 is 2.39 bits per heavy atom. The lowest BCUT2D eigenvalue weighted by Gasteiger charge is -2.16. The number of aromatic hydroxyl groups is 1. The van der Waals surface area contributed by atoms with Crippen LogP contribution in [0.25, 0.3) is 0 Å². The molecule has 1 rings (SSSR count). The second-order valence-corrected chi connectivity index (χ2v) is 4.76. The summed E-state index contributed by atoms with van der Waals surface area (Å²) < 4.78 is 0. The summed E-state index contributed by atoms with van der Waals surface area (Å²) in [6.07, 6.45) is 3.90. The molecule has 0 aromatic heterocycles. The standard InChI is InChI=1S/C15H23NO2/c1-4-6-12(7-5-2)15(18)16-14-9-8-13(17)10-11(14)3/h8-10,12,17H,4-7H2,1-3H3,(H,16,18). The summed E-state index contributed by atoms with van der Waals surface area (Å²) in [6, 6.07) is 5.00. The number of benzene rings is 1. The summed E-state index contributed by atoms with van der Waals surface area (Å²) in [5.74, 6) is 0.407. The smallest absolute Gasteiger partial charge is 0.227 e. The molecule has 0 saturated heterocycles. The van der Waals surface area contributed by atoms with Crippen LogP contribution < -0.4 is 5.32 Å². The molecule has 3 nitrogen and oxygen atoms in total. The molecule has 1 aromatic carbocycles. The Morgan fingerprint density at radius 2 is 1.89 bits per heavy atom. The Hall–Kier alpha value is -1.51. The predicted molar refractivity (Wildman–Crippen MR) is 74.8 cm³/mol. The number of nitrogens with one attached hydrogen (secondary N) is 1. The van der Waals surface area contributed by atoms with Crippen LogP contribution in [0.3, 0.4) is 0 Å². The van der Waals surface area contributed by atoms with Crippen LogP contribution in [-0.4, -0.2) is 11.0 Å². The van der Waals surface area contributed by atoms with Gasteiger partial charge in [0, 0.05) is 11.6 Å². The highest BCUT2D eigenvalue weighted by Gasteiger charge is 2.17. The molecule has 0 bridgehead atoms. The van der Waals surface area contributed by atoms with E-state index >= 15 is 0 Å². The summed E-state index contributed by atoms with van der Waals surface area (Å²) in [7, 11) is 0. The van der Waals surface area contributed by atoms with Crippen LogP contribution in [0.5, 0.6) is 5.75 Å². The second kappa shape index (κ2) is 7.04. The van der Waals surface area contributed by atoms with Gasteiger partial charge in [0.25, 0.3) is 0 Å². The van der Waals surface area contributed by atoms with Crippen molar-refractivity contribution in [2.45, 2.75) is 46.5 Å². The van der Waals surface area contributed by atoms with Gasteiger partial charge in [-0.3, -0.25) is 4.79 Å². The van der Waals surface area contributed by atoms with Gasteiger partial charge in [0.05, 0.1) is 0 Å². The van der Waals surface area contributed by atoms with Gasteiger partial charge in [-0.15, -0.1) is 0 Å². The summed E-state index contributed by atoms with van der Waals surface area (Å²) in [4.78, 5) is 12.2. The number of rotatable bonds is 6. The molecule has 0 unspecified atom stereocenters. The third kappa shape index (κ3) is 4.06. The van der Waals surface area contributed by atoms with Crippen molar-refractivity contribution in [1.29, 1.82) is 0 Å². The van der Waals surface area contributed by atoms with Crippen molar-refractivity contribution in [2.24, 2.45) is 5.92 Å². The molecular weight excluding hydrogens is 226 g/mol. The first kappa shape index (κ1) is 14.6. The van der Waals surface area contributed by atoms with Gasteiger partial charge in [-0.05, 0) is 43.5 Å². The van der Waals surface area contributed by atoms with Crippen molar-refractivity contribution in [3.8, 4) is 5.75 Å². The second-order valence-electron chi connectivity index (χ2n) is 4.76. The molecule has 3 heteroatoms. The molecular formula is C15H23NO2. The SMILES string of the molecule is CCCC(CCC)C(=O)Nc1ccc(O)cc1C. The Kier molecular flexibility index (Phi) is 5.69. The van der Waals surface area contributed by atoms with Crippen molar-refractivity contribution in [1.82, 2.24) is 0 Å². The van der Waals surface area contributed by atoms with E-state index in [1.165, 1.54) is 0 Å². The molecule has 100 valence electrons. The lowest BCUT2D eigenvalue weighted by atomic mass is 9.97. The first-order chi connectivity index (χ1) is 8.58. The van der Waals surface area contributed by atoms with Gasteiger partial charge in [-0.1, -0.05) is 26.7 Å².